The molecular formula is C20H18F2N4O2. The Morgan fingerprint density at radius 1 is 0.964 bits per heavy atom. The fourth-order valence-electron chi connectivity index (χ4n) is 2.32. The lowest BCUT2D eigenvalue weighted by Gasteiger charge is -2.10. The van der Waals surface area contributed by atoms with Crippen molar-refractivity contribution in [1.82, 2.24) is 9.97 Å². The number of benzene rings is 2. The molecule has 0 aliphatic rings. The molecule has 6 nitrogen and oxygen atoms in total. The lowest BCUT2D eigenvalue weighted by molar-refractivity contribution is 0.102. The van der Waals surface area contributed by atoms with Gasteiger partial charge in [0.15, 0.2) is 11.6 Å². The normalized spacial score (nSPS) is 10.6. The molecule has 0 radical (unpaired) electrons. The van der Waals surface area contributed by atoms with Gasteiger partial charge in [0, 0.05) is 17.4 Å². The van der Waals surface area contributed by atoms with Crippen molar-refractivity contribution in [2.45, 2.75) is 20.0 Å². The highest BCUT2D eigenvalue weighted by Gasteiger charge is 2.10. The van der Waals surface area contributed by atoms with Crippen molar-refractivity contribution < 1.29 is 18.3 Å². The molecule has 0 aliphatic heterocycles. The minimum Gasteiger partial charge on any atom is -0.491 e. The third-order valence-electron chi connectivity index (χ3n) is 3.56. The molecule has 0 spiro atoms. The second kappa shape index (κ2) is 8.43. The molecule has 1 heterocycles. The number of halogens is 2. The van der Waals surface area contributed by atoms with Gasteiger partial charge in [0.25, 0.3) is 5.91 Å². The van der Waals surface area contributed by atoms with Gasteiger partial charge in [-0.1, -0.05) is 0 Å². The van der Waals surface area contributed by atoms with E-state index < -0.39 is 17.5 Å². The zero-order valence-corrected chi connectivity index (χ0v) is 15.2. The summed E-state index contributed by atoms with van der Waals surface area (Å²) in [5, 5.41) is 5.50. The molecular weight excluding hydrogens is 366 g/mol. The minimum absolute atomic E-state index is 0.0641. The summed E-state index contributed by atoms with van der Waals surface area (Å²) in [6.07, 6.45) is 2.68. The molecule has 0 atom stereocenters. The van der Waals surface area contributed by atoms with Crippen molar-refractivity contribution in [2.24, 2.45) is 0 Å². The molecule has 0 unspecified atom stereocenters. The molecule has 0 fully saturated rings. The van der Waals surface area contributed by atoms with Crippen LogP contribution in [0.5, 0.6) is 5.75 Å². The second-order valence-electron chi connectivity index (χ2n) is 6.19. The topological polar surface area (TPSA) is 76.1 Å². The molecule has 3 aromatic rings. The van der Waals surface area contributed by atoms with E-state index in [2.05, 4.69) is 20.6 Å². The highest BCUT2D eigenvalue weighted by atomic mass is 19.2. The first-order valence-corrected chi connectivity index (χ1v) is 8.53. The van der Waals surface area contributed by atoms with Gasteiger partial charge in [0.2, 0.25) is 0 Å². The number of nitrogens with one attached hydrogen (secondary N) is 2. The molecule has 1 aromatic heterocycles. The van der Waals surface area contributed by atoms with Crippen LogP contribution in [0.25, 0.3) is 0 Å². The highest BCUT2D eigenvalue weighted by molar-refractivity contribution is 6.02. The van der Waals surface area contributed by atoms with E-state index in [4.69, 9.17) is 4.74 Å². The summed E-state index contributed by atoms with van der Waals surface area (Å²) in [5.41, 5.74) is 1.01. The first-order valence-electron chi connectivity index (χ1n) is 8.53. The quantitative estimate of drug-likeness (QED) is 0.653. The van der Waals surface area contributed by atoms with Crippen molar-refractivity contribution in [3.05, 3.63) is 72.2 Å². The lowest BCUT2D eigenvalue weighted by Crippen LogP contribution is -2.14. The number of ether oxygens (including phenoxy) is 1. The Labute approximate surface area is 160 Å². The maximum atomic E-state index is 13.2. The fourth-order valence-corrected chi connectivity index (χ4v) is 2.32. The fraction of sp³-hybridized carbons (Fsp3) is 0.150. The summed E-state index contributed by atoms with van der Waals surface area (Å²) in [6.45, 7) is 3.86. The van der Waals surface area contributed by atoms with Crippen molar-refractivity contribution in [1.29, 1.82) is 0 Å². The Bertz CT molecular complexity index is 961. The number of hydrogen-bond donors (Lipinski definition) is 2. The van der Waals surface area contributed by atoms with Gasteiger partial charge in [-0.25, -0.2) is 18.7 Å². The molecule has 144 valence electrons. The second-order valence-corrected chi connectivity index (χ2v) is 6.19. The first kappa shape index (κ1) is 19.2. The Morgan fingerprint density at radius 2 is 1.68 bits per heavy atom. The average molecular weight is 384 g/mol. The Morgan fingerprint density at radius 3 is 2.29 bits per heavy atom. The third kappa shape index (κ3) is 5.00. The molecule has 0 saturated heterocycles. The van der Waals surface area contributed by atoms with E-state index >= 15 is 0 Å². The number of aromatic nitrogens is 2. The molecule has 8 heteroatoms. The Hall–Kier alpha value is -3.55. The predicted octanol–water partition coefficient (Wildman–Crippen LogP) is 4.54. The van der Waals surface area contributed by atoms with Crippen molar-refractivity contribution in [3.8, 4) is 5.75 Å². The minimum atomic E-state index is -0.973. The highest BCUT2D eigenvalue weighted by Crippen LogP contribution is 2.19. The number of carbonyl (C=O) groups is 1. The van der Waals surface area contributed by atoms with Gasteiger partial charge in [-0.15, -0.1) is 0 Å². The van der Waals surface area contributed by atoms with Crippen LogP contribution in [0.3, 0.4) is 0 Å². The van der Waals surface area contributed by atoms with Crippen molar-refractivity contribution in [2.75, 3.05) is 10.6 Å². The van der Waals surface area contributed by atoms with Crippen LogP contribution in [-0.4, -0.2) is 22.0 Å². The van der Waals surface area contributed by atoms with Gasteiger partial charge in [-0.3, -0.25) is 4.79 Å². The van der Waals surface area contributed by atoms with Crippen LogP contribution in [0.15, 0.2) is 54.9 Å². The number of anilines is 3. The Kier molecular flexibility index (Phi) is 5.78. The van der Waals surface area contributed by atoms with Gasteiger partial charge in [-0.2, -0.15) is 0 Å². The van der Waals surface area contributed by atoms with Crippen LogP contribution in [-0.2, 0) is 0 Å². The van der Waals surface area contributed by atoms with E-state index in [1.807, 2.05) is 13.8 Å². The van der Waals surface area contributed by atoms with E-state index in [1.165, 1.54) is 18.5 Å². The van der Waals surface area contributed by atoms with Crippen molar-refractivity contribution in [3.63, 3.8) is 0 Å². The zero-order valence-electron chi connectivity index (χ0n) is 15.2. The number of hydrogen-bond acceptors (Lipinski definition) is 5. The third-order valence-corrected chi connectivity index (χ3v) is 3.56. The maximum Gasteiger partial charge on any atom is 0.275 e. The molecule has 2 N–H and O–H groups in total. The standard InChI is InChI=1S/C20H18F2N4O2/c1-12(2)28-15-6-3-13(4-7-15)26-20(27)18-10-24-19(11-23-18)25-14-5-8-16(21)17(22)9-14/h3-12H,1-2H3,(H,24,25)(H,26,27). The van der Waals surface area contributed by atoms with E-state index in [0.29, 0.717) is 17.1 Å². The van der Waals surface area contributed by atoms with Crippen molar-refractivity contribution >= 4 is 23.1 Å². The summed E-state index contributed by atoms with van der Waals surface area (Å²) < 4.78 is 31.7. The van der Waals surface area contributed by atoms with E-state index in [-0.39, 0.29) is 17.6 Å². The van der Waals surface area contributed by atoms with Gasteiger partial charge in [0.05, 0.1) is 18.5 Å². The number of nitrogens with zero attached hydrogens (tertiary/aromatic N) is 2. The van der Waals surface area contributed by atoms with Gasteiger partial charge in [0.1, 0.15) is 17.3 Å². The monoisotopic (exact) mass is 384 g/mol. The summed E-state index contributed by atoms with van der Waals surface area (Å²) >= 11 is 0. The summed E-state index contributed by atoms with van der Waals surface area (Å²) in [4.78, 5) is 20.4. The van der Waals surface area contributed by atoms with Gasteiger partial charge < -0.3 is 15.4 Å². The number of carbonyl (C=O) groups excluding carboxylic acids is 1. The SMILES string of the molecule is CC(C)Oc1ccc(NC(=O)c2cnc(Nc3ccc(F)c(F)c3)cn2)cc1. The van der Waals surface area contributed by atoms with E-state index in [0.717, 1.165) is 12.1 Å². The van der Waals surface area contributed by atoms with Gasteiger partial charge in [-0.05, 0) is 50.2 Å². The van der Waals surface area contributed by atoms with E-state index in [9.17, 15) is 13.6 Å². The van der Waals surface area contributed by atoms with Crippen LogP contribution < -0.4 is 15.4 Å². The first-order chi connectivity index (χ1) is 13.4. The van der Waals surface area contributed by atoms with Crippen LogP contribution in [0, 0.1) is 11.6 Å². The average Bonchev–Trinajstić information content (AvgIpc) is 2.66. The van der Waals surface area contributed by atoms with Gasteiger partial charge >= 0.3 is 0 Å². The van der Waals surface area contributed by atoms with Crippen LogP contribution in [0.2, 0.25) is 0 Å². The molecule has 2 aromatic carbocycles. The summed E-state index contributed by atoms with van der Waals surface area (Å²) in [7, 11) is 0. The predicted molar refractivity (Wildman–Crippen MR) is 102 cm³/mol. The lowest BCUT2D eigenvalue weighted by atomic mass is 10.3. The molecule has 0 aliphatic carbocycles. The summed E-state index contributed by atoms with van der Waals surface area (Å²) in [6, 6.07) is 10.3. The van der Waals surface area contributed by atoms with Crippen LogP contribution in [0.1, 0.15) is 24.3 Å². The summed E-state index contributed by atoms with van der Waals surface area (Å²) in [5.74, 6) is -1.34. The van der Waals surface area contributed by atoms with Crippen LogP contribution in [0.4, 0.5) is 26.0 Å². The molecule has 3 rings (SSSR count). The smallest absolute Gasteiger partial charge is 0.275 e. The van der Waals surface area contributed by atoms with Crippen LogP contribution >= 0.6 is 0 Å². The largest absolute Gasteiger partial charge is 0.491 e. The zero-order chi connectivity index (χ0) is 20.1. The number of amides is 1. The molecule has 0 saturated carbocycles. The van der Waals surface area contributed by atoms with E-state index in [1.54, 1.807) is 24.3 Å². The number of rotatable bonds is 6. The molecule has 0 bridgehead atoms. The Balaban J connectivity index is 1.62. The maximum absolute atomic E-state index is 13.2. The molecule has 28 heavy (non-hydrogen) atoms. The molecule has 1 amide bonds.